The van der Waals surface area contributed by atoms with Gasteiger partial charge in [-0.15, -0.1) is 6.42 Å². The van der Waals surface area contributed by atoms with Gasteiger partial charge in [0.15, 0.2) is 28.7 Å². The average Bonchev–Trinajstić information content (AvgIpc) is 3.70. The number of benzene rings is 1. The number of fused-ring (bicyclic) bond motifs is 1. The lowest BCUT2D eigenvalue weighted by Crippen LogP contribution is -2.44. The highest BCUT2D eigenvalue weighted by molar-refractivity contribution is 7.51. The number of terminal acetylenes is 1. The number of unbranched alkanes of at least 4 members (excludes halogenated alkanes) is 9. The molecule has 6 atom stereocenters. The third-order valence-corrected chi connectivity index (χ3v) is 10.7. The summed E-state index contributed by atoms with van der Waals surface area (Å²) >= 11 is 0. The van der Waals surface area contributed by atoms with Crippen molar-refractivity contribution in [1.82, 2.24) is 24.6 Å². The molecule has 1 aromatic carbocycles. The van der Waals surface area contributed by atoms with Gasteiger partial charge in [-0.25, -0.2) is 19.4 Å². The Morgan fingerprint density at radius 1 is 1.15 bits per heavy atom. The van der Waals surface area contributed by atoms with E-state index < -0.39 is 62.4 Å². The number of halogens is 1. The maximum atomic E-state index is 14.4. The molecule has 0 saturated carbocycles. The summed E-state index contributed by atoms with van der Waals surface area (Å²) in [6.07, 6.45) is 12.8. The number of nitrogens with one attached hydrogen (secondary N) is 1. The van der Waals surface area contributed by atoms with Crippen LogP contribution in [-0.4, -0.2) is 78.7 Å². The molecule has 1 saturated heterocycles. The number of nitrogens with two attached hydrogens (primary N) is 1. The van der Waals surface area contributed by atoms with Crippen LogP contribution in [0.25, 0.3) is 11.2 Å². The van der Waals surface area contributed by atoms with Crippen LogP contribution in [0.3, 0.4) is 0 Å². The van der Waals surface area contributed by atoms with Crippen LogP contribution in [0.1, 0.15) is 96.3 Å². The van der Waals surface area contributed by atoms with E-state index in [1.54, 1.807) is 30.3 Å². The first-order chi connectivity index (χ1) is 25.4. The number of nitrogen functional groups attached to an aromatic ring is 1. The first-order valence-corrected chi connectivity index (χ1v) is 19.6. The van der Waals surface area contributed by atoms with Gasteiger partial charge in [-0.05, 0) is 25.3 Å². The maximum Gasteiger partial charge on any atom is 0.407 e. The SMILES string of the molecule is C#C[C@]1(CO[P@@](=O)(N[C@@H](Cc2ccccc2)C(=O)O)O[C@@H](C)C(=O)OCCCCCCCCCCCC)O[C@@H](n2cnc3c(N)nc(F)nc32)C[C@@H]1O. The van der Waals surface area contributed by atoms with Crippen molar-refractivity contribution < 1.29 is 47.3 Å². The summed E-state index contributed by atoms with van der Waals surface area (Å²) in [5, 5.41) is 23.6. The Kier molecular flexibility index (Phi) is 15.7. The molecule has 3 heterocycles. The Hall–Kier alpha value is -3.97. The third kappa shape index (κ3) is 11.8. The lowest BCUT2D eigenvalue weighted by Gasteiger charge is -2.30. The van der Waals surface area contributed by atoms with Crippen molar-refractivity contribution in [2.45, 2.75) is 121 Å². The molecule has 5 N–H and O–H groups in total. The molecule has 0 amide bonds. The lowest BCUT2D eigenvalue weighted by molar-refractivity contribution is -0.152. The highest BCUT2D eigenvalue weighted by Crippen LogP contribution is 2.49. The second kappa shape index (κ2) is 19.9. The van der Waals surface area contributed by atoms with Crippen molar-refractivity contribution >= 4 is 36.7 Å². The van der Waals surface area contributed by atoms with E-state index in [2.05, 4.69) is 32.9 Å². The number of imidazole rings is 1. The molecule has 1 aliphatic heterocycles. The molecule has 1 aliphatic rings. The Labute approximate surface area is 308 Å². The zero-order chi connectivity index (χ0) is 38.4. The zero-order valence-electron chi connectivity index (χ0n) is 30.2. The molecular formula is C36H50FN6O9P. The topological polar surface area (TPSA) is 210 Å². The molecule has 0 bridgehead atoms. The number of esters is 1. The minimum atomic E-state index is -4.74. The number of aliphatic carboxylic acids is 1. The molecule has 15 nitrogen and oxygen atoms in total. The number of hydrogen-bond acceptors (Lipinski definition) is 12. The van der Waals surface area contributed by atoms with Crippen molar-refractivity contribution in [2.75, 3.05) is 18.9 Å². The van der Waals surface area contributed by atoms with E-state index in [-0.39, 0.29) is 36.4 Å². The minimum absolute atomic E-state index is 0.0213. The predicted molar refractivity (Wildman–Crippen MR) is 194 cm³/mol. The van der Waals surface area contributed by atoms with Crippen LogP contribution in [0.4, 0.5) is 10.2 Å². The standard InChI is InChI=1S/C36H50FN6O9P/c1-4-6-7-8-9-10-11-12-13-17-20-49-34(47)25(3)52-53(48,42-27(33(45)46)21-26-18-15-14-16-19-26)50-23-36(5-2)28(44)22-29(51-36)43-24-39-30-31(38)40-35(37)41-32(30)43/h2,14-16,18-19,24-25,27-29,44H,4,6-13,17,20-23H2,1,3H3,(H,42,48)(H,45,46)(H2,38,40,41)/t25-,27-,28-,29+,36+,53-/m0/s1. The van der Waals surface area contributed by atoms with Crippen LogP contribution in [0.5, 0.6) is 0 Å². The van der Waals surface area contributed by atoms with Gasteiger partial charge < -0.3 is 25.4 Å². The number of aliphatic hydroxyl groups is 1. The number of ether oxygens (including phenoxy) is 2. The molecule has 1 fully saturated rings. The van der Waals surface area contributed by atoms with Gasteiger partial charge in [-0.1, -0.05) is 101 Å². The Bertz CT molecular complexity index is 1740. The smallest absolute Gasteiger partial charge is 0.407 e. The highest BCUT2D eigenvalue weighted by Gasteiger charge is 2.50. The number of nitrogens with zero attached hydrogens (tertiary/aromatic N) is 4. The van der Waals surface area contributed by atoms with Crippen LogP contribution < -0.4 is 10.8 Å². The first kappa shape index (κ1) is 41.8. The van der Waals surface area contributed by atoms with E-state index >= 15 is 0 Å². The number of carbonyl (C=O) groups excluding carboxylic acids is 1. The second-order valence-corrected chi connectivity index (χ2v) is 14.9. The summed E-state index contributed by atoms with van der Waals surface area (Å²) < 4.78 is 52.4. The predicted octanol–water partition coefficient (Wildman–Crippen LogP) is 5.48. The molecule has 0 spiro atoms. The zero-order valence-corrected chi connectivity index (χ0v) is 31.1. The number of carbonyl (C=O) groups is 2. The fraction of sp³-hybridized carbons (Fsp3) is 0.583. The van der Waals surface area contributed by atoms with Crippen molar-refractivity contribution in [3.05, 3.63) is 48.3 Å². The summed E-state index contributed by atoms with van der Waals surface area (Å²) in [4.78, 5) is 36.6. The number of rotatable bonds is 23. The largest absolute Gasteiger partial charge is 0.480 e. The normalized spacial score (nSPS) is 20.8. The first-order valence-electron chi connectivity index (χ1n) is 18.0. The van der Waals surface area contributed by atoms with Crippen molar-refractivity contribution in [3.63, 3.8) is 0 Å². The summed E-state index contributed by atoms with van der Waals surface area (Å²) in [6.45, 7) is 2.84. The molecule has 0 aliphatic carbocycles. The van der Waals surface area contributed by atoms with Gasteiger partial charge in [-0.2, -0.15) is 14.4 Å². The summed E-state index contributed by atoms with van der Waals surface area (Å²) in [5.74, 6) is -0.0661. The van der Waals surface area contributed by atoms with Crippen molar-refractivity contribution in [1.29, 1.82) is 0 Å². The van der Waals surface area contributed by atoms with Gasteiger partial charge in [0.1, 0.15) is 25.0 Å². The van der Waals surface area contributed by atoms with E-state index in [9.17, 15) is 28.8 Å². The third-order valence-electron chi connectivity index (χ3n) is 9.00. The monoisotopic (exact) mass is 760 g/mol. The summed E-state index contributed by atoms with van der Waals surface area (Å²) in [6, 6.07) is 7.09. The molecule has 0 radical (unpaired) electrons. The average molecular weight is 761 g/mol. The molecule has 53 heavy (non-hydrogen) atoms. The molecule has 4 rings (SSSR count). The number of anilines is 1. The van der Waals surface area contributed by atoms with Gasteiger partial charge in [-0.3, -0.25) is 18.4 Å². The highest BCUT2D eigenvalue weighted by atomic mass is 31.2. The summed E-state index contributed by atoms with van der Waals surface area (Å²) in [7, 11) is -4.74. The second-order valence-electron chi connectivity index (χ2n) is 13.1. The minimum Gasteiger partial charge on any atom is -0.480 e. The fourth-order valence-corrected chi connectivity index (χ4v) is 7.63. The number of aromatic nitrogens is 4. The van der Waals surface area contributed by atoms with E-state index in [0.717, 1.165) is 19.3 Å². The molecule has 3 aromatic rings. The van der Waals surface area contributed by atoms with Crippen LogP contribution in [0, 0.1) is 18.4 Å². The van der Waals surface area contributed by atoms with Crippen LogP contribution in [0.15, 0.2) is 36.7 Å². The molecular weight excluding hydrogens is 710 g/mol. The Morgan fingerprint density at radius 3 is 2.45 bits per heavy atom. The van der Waals surface area contributed by atoms with Gasteiger partial charge in [0.05, 0.1) is 12.9 Å². The van der Waals surface area contributed by atoms with Crippen LogP contribution >= 0.6 is 7.75 Å². The van der Waals surface area contributed by atoms with E-state index in [1.165, 1.54) is 56.3 Å². The molecule has 2 aromatic heterocycles. The van der Waals surface area contributed by atoms with Crippen molar-refractivity contribution in [2.24, 2.45) is 0 Å². The molecule has 290 valence electrons. The quantitative estimate of drug-likeness (QED) is 0.0310. The van der Waals surface area contributed by atoms with E-state index in [4.69, 9.17) is 30.7 Å². The van der Waals surface area contributed by atoms with Crippen LogP contribution in [0.2, 0.25) is 0 Å². The number of carboxylic acids is 1. The fourth-order valence-electron chi connectivity index (χ4n) is 5.98. The van der Waals surface area contributed by atoms with Gasteiger partial charge >= 0.3 is 25.8 Å². The number of carboxylic acid groups (broad SMARTS) is 1. The number of hydrogen-bond donors (Lipinski definition) is 4. The van der Waals surface area contributed by atoms with Crippen molar-refractivity contribution in [3.8, 4) is 12.3 Å². The number of aliphatic hydroxyl groups excluding tert-OH is 1. The Balaban J connectivity index is 1.42. The lowest BCUT2D eigenvalue weighted by atomic mass is 9.99. The van der Waals surface area contributed by atoms with Gasteiger partial charge in [0, 0.05) is 6.42 Å². The Morgan fingerprint density at radius 2 is 1.81 bits per heavy atom. The van der Waals surface area contributed by atoms with E-state index in [1.807, 2.05) is 0 Å². The maximum absolute atomic E-state index is 14.4. The van der Waals surface area contributed by atoms with Gasteiger partial charge in [0.2, 0.25) is 0 Å². The summed E-state index contributed by atoms with van der Waals surface area (Å²) in [5.41, 5.74) is 4.49. The van der Waals surface area contributed by atoms with Gasteiger partial charge in [0.25, 0.3) is 0 Å². The molecule has 17 heteroatoms. The molecule has 0 unspecified atom stereocenters. The van der Waals surface area contributed by atoms with E-state index in [0.29, 0.717) is 12.0 Å². The van der Waals surface area contributed by atoms with Crippen LogP contribution in [-0.2, 0) is 39.1 Å².